The first kappa shape index (κ1) is 16.3. The van der Waals surface area contributed by atoms with Crippen molar-refractivity contribution in [3.05, 3.63) is 33.8 Å². The number of halogens is 4. The Morgan fingerprint density at radius 1 is 1.33 bits per heavy atom. The van der Waals surface area contributed by atoms with Crippen LogP contribution >= 0.6 is 15.9 Å². The van der Waals surface area contributed by atoms with E-state index in [0.29, 0.717) is 5.92 Å². The summed E-state index contributed by atoms with van der Waals surface area (Å²) in [5, 5.41) is 2.81. The van der Waals surface area contributed by atoms with Gasteiger partial charge in [0.05, 0.1) is 5.56 Å². The van der Waals surface area contributed by atoms with Crippen molar-refractivity contribution in [2.75, 3.05) is 0 Å². The Kier molecular flexibility index (Phi) is 4.96. The first-order valence-corrected chi connectivity index (χ1v) is 7.76. The quantitative estimate of drug-likeness (QED) is 0.822. The number of amides is 1. The molecule has 1 atom stereocenters. The van der Waals surface area contributed by atoms with E-state index in [2.05, 4.69) is 21.2 Å². The molecule has 0 spiro atoms. The van der Waals surface area contributed by atoms with E-state index in [-0.39, 0.29) is 16.1 Å². The zero-order valence-electron chi connectivity index (χ0n) is 11.6. The summed E-state index contributed by atoms with van der Waals surface area (Å²) in [6, 6.07) is 3.53. The Labute approximate surface area is 130 Å². The van der Waals surface area contributed by atoms with Crippen LogP contribution in [0.25, 0.3) is 0 Å². The average molecular weight is 364 g/mol. The van der Waals surface area contributed by atoms with E-state index in [9.17, 15) is 18.0 Å². The van der Waals surface area contributed by atoms with Crippen molar-refractivity contribution in [3.8, 4) is 0 Å². The normalized spacial score (nSPS) is 17.8. The number of benzene rings is 1. The second-order valence-electron chi connectivity index (χ2n) is 5.50. The molecule has 0 bridgehead atoms. The summed E-state index contributed by atoms with van der Waals surface area (Å²) in [5.74, 6) is -0.0288. The molecular weight excluding hydrogens is 347 g/mol. The number of hydrogen-bond donors (Lipinski definition) is 1. The largest absolute Gasteiger partial charge is 0.417 e. The second kappa shape index (κ2) is 6.38. The molecule has 1 unspecified atom stereocenters. The van der Waals surface area contributed by atoms with Crippen LogP contribution in [0.3, 0.4) is 0 Å². The molecular formula is C15H17BrF3NO. The molecule has 0 saturated heterocycles. The van der Waals surface area contributed by atoms with Gasteiger partial charge < -0.3 is 5.32 Å². The third-order valence-electron chi connectivity index (χ3n) is 4.00. The van der Waals surface area contributed by atoms with Gasteiger partial charge in [-0.3, -0.25) is 4.79 Å². The van der Waals surface area contributed by atoms with E-state index in [1.165, 1.54) is 12.1 Å². The maximum Gasteiger partial charge on any atom is 0.417 e. The number of rotatable bonds is 3. The fourth-order valence-corrected chi connectivity index (χ4v) is 3.22. The molecule has 0 radical (unpaired) electrons. The van der Waals surface area contributed by atoms with Crippen molar-refractivity contribution in [1.29, 1.82) is 0 Å². The van der Waals surface area contributed by atoms with Crippen LogP contribution in [0.1, 0.15) is 48.5 Å². The van der Waals surface area contributed by atoms with Gasteiger partial charge in [-0.15, -0.1) is 0 Å². The molecule has 21 heavy (non-hydrogen) atoms. The van der Waals surface area contributed by atoms with Crippen molar-refractivity contribution >= 4 is 21.8 Å². The fourth-order valence-electron chi connectivity index (χ4n) is 2.75. The number of nitrogens with one attached hydrogen (secondary N) is 1. The molecule has 1 aromatic carbocycles. The number of carbonyl (C=O) groups excluding carboxylic acids is 1. The SMILES string of the molecule is CC(NC(=O)c1ccc(Br)c(C(F)(F)F)c1)C1CCCC1. The number of carbonyl (C=O) groups is 1. The van der Waals surface area contributed by atoms with Gasteiger partial charge in [-0.2, -0.15) is 13.2 Å². The minimum atomic E-state index is -4.48. The van der Waals surface area contributed by atoms with E-state index in [1.54, 1.807) is 0 Å². The highest BCUT2D eigenvalue weighted by molar-refractivity contribution is 9.10. The van der Waals surface area contributed by atoms with Crippen molar-refractivity contribution in [3.63, 3.8) is 0 Å². The van der Waals surface area contributed by atoms with Crippen LogP contribution in [-0.2, 0) is 6.18 Å². The summed E-state index contributed by atoms with van der Waals surface area (Å²) in [7, 11) is 0. The lowest BCUT2D eigenvalue weighted by Gasteiger charge is -2.20. The summed E-state index contributed by atoms with van der Waals surface area (Å²) in [6.07, 6.45) is -0.0415. The van der Waals surface area contributed by atoms with Crippen LogP contribution in [0, 0.1) is 5.92 Å². The molecule has 1 aliphatic rings. The first-order valence-electron chi connectivity index (χ1n) is 6.96. The molecule has 1 fully saturated rings. The van der Waals surface area contributed by atoms with Crippen LogP contribution in [0.4, 0.5) is 13.2 Å². The van der Waals surface area contributed by atoms with Crippen molar-refractivity contribution in [1.82, 2.24) is 5.32 Å². The molecule has 2 rings (SSSR count). The lowest BCUT2D eigenvalue weighted by Crippen LogP contribution is -2.37. The van der Waals surface area contributed by atoms with Gasteiger partial charge in [0.1, 0.15) is 0 Å². The topological polar surface area (TPSA) is 29.1 Å². The van der Waals surface area contributed by atoms with Crippen molar-refractivity contribution < 1.29 is 18.0 Å². The van der Waals surface area contributed by atoms with Gasteiger partial charge in [-0.1, -0.05) is 28.8 Å². The van der Waals surface area contributed by atoms with Crippen LogP contribution in [-0.4, -0.2) is 11.9 Å². The molecule has 2 nitrogen and oxygen atoms in total. The lowest BCUT2D eigenvalue weighted by atomic mass is 9.99. The molecule has 0 aromatic heterocycles. The van der Waals surface area contributed by atoms with Crippen LogP contribution in [0.5, 0.6) is 0 Å². The van der Waals surface area contributed by atoms with Crippen molar-refractivity contribution in [2.45, 2.75) is 44.8 Å². The number of alkyl halides is 3. The summed E-state index contributed by atoms with van der Waals surface area (Å²) >= 11 is 2.87. The van der Waals surface area contributed by atoms with Gasteiger partial charge in [0.25, 0.3) is 5.91 Å². The summed E-state index contributed by atoms with van der Waals surface area (Å²) in [5.41, 5.74) is -0.793. The smallest absolute Gasteiger partial charge is 0.349 e. The highest BCUT2D eigenvalue weighted by Gasteiger charge is 2.33. The zero-order chi connectivity index (χ0) is 15.6. The van der Waals surface area contributed by atoms with Gasteiger partial charge in [0.2, 0.25) is 0 Å². The van der Waals surface area contributed by atoms with Gasteiger partial charge in [-0.25, -0.2) is 0 Å². The molecule has 0 heterocycles. The molecule has 1 aromatic rings. The van der Waals surface area contributed by atoms with Gasteiger partial charge in [0.15, 0.2) is 0 Å². The Bertz CT molecular complexity index is 524. The maximum atomic E-state index is 12.8. The second-order valence-corrected chi connectivity index (χ2v) is 6.35. The van der Waals surface area contributed by atoms with E-state index < -0.39 is 17.6 Å². The predicted molar refractivity (Wildman–Crippen MR) is 78.0 cm³/mol. The minimum absolute atomic E-state index is 0.0158. The molecule has 116 valence electrons. The highest BCUT2D eigenvalue weighted by Crippen LogP contribution is 2.35. The molecule has 1 saturated carbocycles. The Hall–Kier alpha value is -1.04. The summed E-state index contributed by atoms with van der Waals surface area (Å²) < 4.78 is 38.5. The van der Waals surface area contributed by atoms with Gasteiger partial charge in [0, 0.05) is 16.1 Å². The maximum absolute atomic E-state index is 12.8. The minimum Gasteiger partial charge on any atom is -0.349 e. The van der Waals surface area contributed by atoms with E-state index in [4.69, 9.17) is 0 Å². The Morgan fingerprint density at radius 2 is 1.95 bits per heavy atom. The van der Waals surface area contributed by atoms with E-state index >= 15 is 0 Å². The molecule has 6 heteroatoms. The standard InChI is InChI=1S/C15H17BrF3NO/c1-9(10-4-2-3-5-10)20-14(21)11-6-7-13(16)12(8-11)15(17,18)19/h6-10H,2-5H2,1H3,(H,20,21). The average Bonchev–Trinajstić information content (AvgIpc) is 2.91. The zero-order valence-corrected chi connectivity index (χ0v) is 13.2. The lowest BCUT2D eigenvalue weighted by molar-refractivity contribution is -0.138. The molecule has 1 aliphatic carbocycles. The third kappa shape index (κ3) is 3.99. The first-order chi connectivity index (χ1) is 9.79. The number of hydrogen-bond acceptors (Lipinski definition) is 1. The van der Waals surface area contributed by atoms with E-state index in [1.807, 2.05) is 6.92 Å². The highest BCUT2D eigenvalue weighted by atomic mass is 79.9. The van der Waals surface area contributed by atoms with Crippen LogP contribution < -0.4 is 5.32 Å². The predicted octanol–water partition coefficient (Wildman–Crippen LogP) is 4.78. The molecule has 1 N–H and O–H groups in total. The third-order valence-corrected chi connectivity index (χ3v) is 4.69. The summed E-state index contributed by atoms with van der Waals surface area (Å²) in [4.78, 5) is 12.1. The van der Waals surface area contributed by atoms with Crippen LogP contribution in [0.15, 0.2) is 22.7 Å². The Morgan fingerprint density at radius 3 is 2.52 bits per heavy atom. The van der Waals surface area contributed by atoms with Gasteiger partial charge in [-0.05, 0) is 43.9 Å². The summed E-state index contributed by atoms with van der Waals surface area (Å²) in [6.45, 7) is 1.91. The molecule has 1 amide bonds. The van der Waals surface area contributed by atoms with Gasteiger partial charge >= 0.3 is 6.18 Å². The monoisotopic (exact) mass is 363 g/mol. The fraction of sp³-hybridized carbons (Fsp3) is 0.533. The van der Waals surface area contributed by atoms with E-state index in [0.717, 1.165) is 31.7 Å². The Balaban J connectivity index is 2.12. The molecule has 0 aliphatic heterocycles. The van der Waals surface area contributed by atoms with Crippen LogP contribution in [0.2, 0.25) is 0 Å². The van der Waals surface area contributed by atoms with Crippen molar-refractivity contribution in [2.24, 2.45) is 5.92 Å².